The minimum Gasteiger partial charge on any atom is -0.497 e. The molecule has 3 aromatic carbocycles. The van der Waals surface area contributed by atoms with Crippen LogP contribution in [0.2, 0.25) is 0 Å². The molecular formula is C29H32N4O5. The topological polar surface area (TPSA) is 100 Å². The van der Waals surface area contributed by atoms with Gasteiger partial charge in [-0.05, 0) is 36.4 Å². The molecule has 1 fully saturated rings. The second-order valence-corrected chi connectivity index (χ2v) is 8.82. The van der Waals surface area contributed by atoms with Gasteiger partial charge in [-0.15, -0.1) is 0 Å². The average Bonchev–Trinajstić information content (AvgIpc) is 2.97. The minimum absolute atomic E-state index is 0.0467. The van der Waals surface area contributed by atoms with Gasteiger partial charge >= 0.3 is 0 Å². The molecule has 1 aliphatic rings. The Hall–Kier alpha value is -4.53. The van der Waals surface area contributed by atoms with Crippen LogP contribution in [0.3, 0.4) is 0 Å². The summed E-state index contributed by atoms with van der Waals surface area (Å²) in [7, 11) is 3.02. The molecule has 1 saturated heterocycles. The van der Waals surface area contributed by atoms with Crippen molar-refractivity contribution in [1.82, 2.24) is 10.2 Å². The molecule has 1 heterocycles. The van der Waals surface area contributed by atoms with Gasteiger partial charge in [-0.3, -0.25) is 14.4 Å². The maximum atomic E-state index is 13.3. The summed E-state index contributed by atoms with van der Waals surface area (Å²) in [4.78, 5) is 42.6. The highest BCUT2D eigenvalue weighted by atomic mass is 16.5. The van der Waals surface area contributed by atoms with Crippen LogP contribution in [-0.4, -0.2) is 69.6 Å². The first-order valence-corrected chi connectivity index (χ1v) is 12.5. The number of piperazine rings is 1. The number of para-hydroxylation sites is 2. The lowest BCUT2D eigenvalue weighted by Gasteiger charge is -2.36. The maximum Gasteiger partial charge on any atom is 0.256 e. The molecule has 0 atom stereocenters. The van der Waals surface area contributed by atoms with E-state index in [9.17, 15) is 14.4 Å². The van der Waals surface area contributed by atoms with Gasteiger partial charge in [0.1, 0.15) is 11.5 Å². The number of methoxy groups -OCH3 is 2. The van der Waals surface area contributed by atoms with E-state index in [2.05, 4.69) is 27.7 Å². The fraction of sp³-hybridized carbons (Fsp3) is 0.276. The van der Waals surface area contributed by atoms with Gasteiger partial charge in [0.15, 0.2) is 0 Å². The predicted octanol–water partition coefficient (Wildman–Crippen LogP) is 3.42. The van der Waals surface area contributed by atoms with E-state index in [1.54, 1.807) is 42.5 Å². The van der Waals surface area contributed by atoms with Crippen molar-refractivity contribution in [2.75, 3.05) is 57.2 Å². The summed E-state index contributed by atoms with van der Waals surface area (Å²) in [5, 5.41) is 5.56. The zero-order chi connectivity index (χ0) is 26.9. The van der Waals surface area contributed by atoms with Crippen molar-refractivity contribution in [3.63, 3.8) is 0 Å². The number of anilines is 2. The van der Waals surface area contributed by atoms with Crippen molar-refractivity contribution in [2.24, 2.45) is 0 Å². The van der Waals surface area contributed by atoms with E-state index in [4.69, 9.17) is 9.47 Å². The van der Waals surface area contributed by atoms with Gasteiger partial charge < -0.3 is 29.9 Å². The van der Waals surface area contributed by atoms with Gasteiger partial charge in [-0.1, -0.05) is 30.3 Å². The smallest absolute Gasteiger partial charge is 0.256 e. The van der Waals surface area contributed by atoms with E-state index in [-0.39, 0.29) is 30.7 Å². The molecule has 0 aromatic heterocycles. The molecule has 0 radical (unpaired) electrons. The summed E-state index contributed by atoms with van der Waals surface area (Å²) in [5.41, 5.74) is 2.41. The zero-order valence-electron chi connectivity index (χ0n) is 21.6. The van der Waals surface area contributed by atoms with E-state index < -0.39 is 0 Å². The third-order valence-corrected chi connectivity index (χ3v) is 6.37. The van der Waals surface area contributed by atoms with Crippen LogP contribution in [0.4, 0.5) is 11.4 Å². The summed E-state index contributed by atoms with van der Waals surface area (Å²) in [5.74, 6) is 0.224. The van der Waals surface area contributed by atoms with Gasteiger partial charge in [-0.25, -0.2) is 0 Å². The molecule has 0 aliphatic carbocycles. The Labute approximate surface area is 222 Å². The van der Waals surface area contributed by atoms with E-state index >= 15 is 0 Å². The number of nitrogens with one attached hydrogen (secondary N) is 2. The lowest BCUT2D eigenvalue weighted by Crippen LogP contribution is -2.48. The Morgan fingerprint density at radius 1 is 0.816 bits per heavy atom. The number of carbonyl (C=O) groups excluding carboxylic acids is 3. The number of rotatable bonds is 9. The van der Waals surface area contributed by atoms with Crippen molar-refractivity contribution < 1.29 is 23.9 Å². The van der Waals surface area contributed by atoms with Crippen LogP contribution in [0.15, 0.2) is 72.8 Å². The maximum absolute atomic E-state index is 13.3. The quantitative estimate of drug-likeness (QED) is 0.452. The average molecular weight is 517 g/mol. The van der Waals surface area contributed by atoms with Crippen molar-refractivity contribution >= 4 is 29.1 Å². The fourth-order valence-corrected chi connectivity index (χ4v) is 4.30. The van der Waals surface area contributed by atoms with E-state index in [0.29, 0.717) is 41.4 Å². The van der Waals surface area contributed by atoms with Gasteiger partial charge in [0.25, 0.3) is 11.8 Å². The van der Waals surface area contributed by atoms with Crippen molar-refractivity contribution in [1.29, 1.82) is 0 Å². The molecule has 0 saturated carbocycles. The molecule has 0 bridgehead atoms. The first kappa shape index (κ1) is 26.5. The van der Waals surface area contributed by atoms with Crippen LogP contribution in [0.5, 0.6) is 11.5 Å². The number of nitrogens with zero attached hydrogens (tertiary/aromatic N) is 2. The number of benzene rings is 3. The van der Waals surface area contributed by atoms with E-state index in [1.807, 2.05) is 23.1 Å². The fourth-order valence-electron chi connectivity index (χ4n) is 4.30. The molecule has 3 aromatic rings. The molecular weight excluding hydrogens is 484 g/mol. The van der Waals surface area contributed by atoms with Crippen LogP contribution < -0.4 is 25.0 Å². The molecule has 1 aliphatic heterocycles. The second kappa shape index (κ2) is 12.6. The third kappa shape index (κ3) is 6.61. The molecule has 0 spiro atoms. The number of carbonyl (C=O) groups is 3. The SMILES string of the molecule is COc1cc(OC)cc(C(=O)NCCC(=O)Nc2ccccc2C(=O)N2CCN(c3ccccc3)CC2)c1. The molecule has 9 nitrogen and oxygen atoms in total. The van der Waals surface area contributed by atoms with Gasteiger partial charge in [0.05, 0.1) is 25.5 Å². The zero-order valence-corrected chi connectivity index (χ0v) is 21.6. The van der Waals surface area contributed by atoms with Gasteiger partial charge in [-0.2, -0.15) is 0 Å². The Morgan fingerprint density at radius 2 is 1.45 bits per heavy atom. The first-order valence-electron chi connectivity index (χ1n) is 12.5. The molecule has 3 amide bonds. The highest BCUT2D eigenvalue weighted by molar-refractivity contribution is 6.04. The molecule has 9 heteroatoms. The van der Waals surface area contributed by atoms with Crippen LogP contribution in [-0.2, 0) is 4.79 Å². The highest BCUT2D eigenvalue weighted by Crippen LogP contribution is 2.23. The summed E-state index contributed by atoms with van der Waals surface area (Å²) in [6.45, 7) is 2.79. The molecule has 0 unspecified atom stereocenters. The summed E-state index contributed by atoms with van der Waals surface area (Å²) in [6.07, 6.45) is 0.0467. The summed E-state index contributed by atoms with van der Waals surface area (Å²) < 4.78 is 10.4. The molecule has 4 rings (SSSR count). The van der Waals surface area contributed by atoms with Gasteiger partial charge in [0, 0.05) is 56.5 Å². The predicted molar refractivity (Wildman–Crippen MR) is 146 cm³/mol. The number of hydrogen-bond acceptors (Lipinski definition) is 6. The number of hydrogen-bond donors (Lipinski definition) is 2. The van der Waals surface area contributed by atoms with E-state index in [1.165, 1.54) is 14.2 Å². The summed E-state index contributed by atoms with van der Waals surface area (Å²) in [6, 6.07) is 22.0. The second-order valence-electron chi connectivity index (χ2n) is 8.82. The van der Waals surface area contributed by atoms with Crippen molar-refractivity contribution in [3.05, 3.63) is 83.9 Å². The highest BCUT2D eigenvalue weighted by Gasteiger charge is 2.24. The van der Waals surface area contributed by atoms with Crippen molar-refractivity contribution in [2.45, 2.75) is 6.42 Å². The number of ether oxygens (including phenoxy) is 2. The van der Waals surface area contributed by atoms with Gasteiger partial charge in [0.2, 0.25) is 5.91 Å². The van der Waals surface area contributed by atoms with Crippen LogP contribution in [0.1, 0.15) is 27.1 Å². The van der Waals surface area contributed by atoms with E-state index in [0.717, 1.165) is 18.8 Å². The van der Waals surface area contributed by atoms with Crippen LogP contribution in [0.25, 0.3) is 0 Å². The molecule has 38 heavy (non-hydrogen) atoms. The van der Waals surface area contributed by atoms with Crippen LogP contribution in [0, 0.1) is 0 Å². The van der Waals surface area contributed by atoms with Crippen LogP contribution >= 0.6 is 0 Å². The Morgan fingerprint density at radius 3 is 2.11 bits per heavy atom. The first-order chi connectivity index (χ1) is 18.5. The Kier molecular flexibility index (Phi) is 8.81. The minimum atomic E-state index is -0.347. The number of amides is 3. The normalized spacial score (nSPS) is 13.0. The Balaban J connectivity index is 1.30. The molecule has 2 N–H and O–H groups in total. The third-order valence-electron chi connectivity index (χ3n) is 6.37. The lowest BCUT2D eigenvalue weighted by molar-refractivity contribution is -0.116. The molecule has 198 valence electrons. The van der Waals surface area contributed by atoms with Crippen molar-refractivity contribution in [3.8, 4) is 11.5 Å². The lowest BCUT2D eigenvalue weighted by atomic mass is 10.1. The summed E-state index contributed by atoms with van der Waals surface area (Å²) >= 11 is 0. The standard InChI is InChI=1S/C29H32N4O5/c1-37-23-18-21(19-24(20-23)38-2)28(35)30-13-12-27(34)31-26-11-7-6-10-25(26)29(36)33-16-14-32(15-17-33)22-8-4-3-5-9-22/h3-11,18-20H,12-17H2,1-2H3,(H,30,35)(H,31,34). The monoisotopic (exact) mass is 516 g/mol. The largest absolute Gasteiger partial charge is 0.497 e. The Bertz CT molecular complexity index is 1250.